The van der Waals surface area contributed by atoms with Crippen molar-refractivity contribution in [3.05, 3.63) is 35.5 Å². The first-order chi connectivity index (χ1) is 12.7. The molecule has 26 heavy (non-hydrogen) atoms. The first-order valence-corrected chi connectivity index (χ1v) is 8.87. The highest BCUT2D eigenvalue weighted by atomic mass is 15.4. The van der Waals surface area contributed by atoms with Gasteiger partial charge in [-0.05, 0) is 25.8 Å². The lowest BCUT2D eigenvalue weighted by molar-refractivity contribution is 0.992. The lowest BCUT2D eigenvalue weighted by atomic mass is 10.1. The van der Waals surface area contributed by atoms with Crippen LogP contribution in [0.3, 0.4) is 0 Å². The van der Waals surface area contributed by atoms with E-state index in [4.69, 9.17) is 0 Å². The van der Waals surface area contributed by atoms with E-state index in [2.05, 4.69) is 66.2 Å². The summed E-state index contributed by atoms with van der Waals surface area (Å²) in [7, 11) is 0. The molecule has 136 valence electrons. The number of H-pyrrole nitrogens is 1. The van der Waals surface area contributed by atoms with Crippen LogP contribution in [0, 0.1) is 0 Å². The van der Waals surface area contributed by atoms with Gasteiger partial charge in [-0.2, -0.15) is 20.1 Å². The minimum absolute atomic E-state index is 0.386. The van der Waals surface area contributed by atoms with Gasteiger partial charge in [-0.3, -0.25) is 0 Å². The van der Waals surface area contributed by atoms with E-state index in [1.807, 2.05) is 20.0 Å². The predicted octanol–water partition coefficient (Wildman–Crippen LogP) is 3.22. The number of rotatable bonds is 8. The summed E-state index contributed by atoms with van der Waals surface area (Å²) in [5.41, 5.74) is 6.34. The van der Waals surface area contributed by atoms with E-state index in [1.54, 1.807) is 6.21 Å². The van der Waals surface area contributed by atoms with Gasteiger partial charge < -0.3 is 15.6 Å². The van der Waals surface area contributed by atoms with Crippen LogP contribution in [0.1, 0.15) is 31.9 Å². The van der Waals surface area contributed by atoms with Gasteiger partial charge in [0.1, 0.15) is 0 Å². The van der Waals surface area contributed by atoms with Crippen molar-refractivity contribution < 1.29 is 0 Å². The van der Waals surface area contributed by atoms with Crippen molar-refractivity contribution in [3.8, 4) is 0 Å². The molecule has 0 fully saturated rings. The van der Waals surface area contributed by atoms with Crippen LogP contribution in [0.5, 0.6) is 0 Å². The molecule has 0 aliphatic rings. The molecule has 8 heteroatoms. The number of hydrogen-bond donors (Lipinski definition) is 4. The van der Waals surface area contributed by atoms with Crippen LogP contribution < -0.4 is 16.1 Å². The summed E-state index contributed by atoms with van der Waals surface area (Å²) >= 11 is 0. The number of fused-ring (bicyclic) bond motifs is 1. The molecular formula is C18H24N8. The number of anilines is 3. The largest absolute Gasteiger partial charge is 0.360 e. The number of aromatic amines is 1. The maximum absolute atomic E-state index is 4.31. The molecule has 0 saturated heterocycles. The fraction of sp³-hybridized carbons (Fsp3) is 0.333. The summed E-state index contributed by atoms with van der Waals surface area (Å²) in [5.74, 6) is 1.41. The van der Waals surface area contributed by atoms with Crippen molar-refractivity contribution in [2.24, 2.45) is 5.10 Å². The van der Waals surface area contributed by atoms with E-state index >= 15 is 0 Å². The third-order valence-electron chi connectivity index (χ3n) is 3.89. The average Bonchev–Trinajstić information content (AvgIpc) is 3.05. The van der Waals surface area contributed by atoms with Gasteiger partial charge in [-0.1, -0.05) is 25.1 Å². The number of hydrazone groups is 1. The maximum Gasteiger partial charge on any atom is 0.250 e. The predicted molar refractivity (Wildman–Crippen MR) is 107 cm³/mol. The van der Waals surface area contributed by atoms with E-state index in [-0.39, 0.29) is 0 Å². The highest BCUT2D eigenvalue weighted by molar-refractivity contribution is 6.00. The number of hydrogen-bond acceptors (Lipinski definition) is 7. The summed E-state index contributed by atoms with van der Waals surface area (Å²) in [5, 5.41) is 11.6. The lowest BCUT2D eigenvalue weighted by Crippen LogP contribution is -2.10. The lowest BCUT2D eigenvalue weighted by Gasteiger charge is -2.07. The second-order valence-corrected chi connectivity index (χ2v) is 5.67. The molecule has 0 unspecified atom stereocenters. The molecule has 1 aromatic carbocycles. The summed E-state index contributed by atoms with van der Waals surface area (Å²) in [4.78, 5) is 16.2. The molecule has 0 aliphatic heterocycles. The summed E-state index contributed by atoms with van der Waals surface area (Å²) in [6.07, 6.45) is 4.70. The number of aryl methyl sites for hydroxylation is 1. The zero-order chi connectivity index (χ0) is 18.4. The molecule has 0 saturated carbocycles. The molecule has 8 nitrogen and oxygen atoms in total. The Morgan fingerprint density at radius 3 is 2.35 bits per heavy atom. The SMILES string of the molecule is CCNc1nc(NCC)nc(N/N=C/c2c[nH]c3c(CC)cccc23)n1. The molecule has 3 rings (SSSR count). The molecule has 0 spiro atoms. The molecule has 3 aromatic rings. The Kier molecular flexibility index (Phi) is 5.62. The normalized spacial score (nSPS) is 11.2. The number of benzene rings is 1. The van der Waals surface area contributed by atoms with Crippen LogP contribution >= 0.6 is 0 Å². The molecule has 0 amide bonds. The van der Waals surface area contributed by atoms with Gasteiger partial charge in [0, 0.05) is 35.8 Å². The molecule has 4 N–H and O–H groups in total. The van der Waals surface area contributed by atoms with Crippen molar-refractivity contribution in [1.29, 1.82) is 0 Å². The van der Waals surface area contributed by atoms with E-state index in [9.17, 15) is 0 Å². The second kappa shape index (κ2) is 8.28. The molecule has 2 heterocycles. The van der Waals surface area contributed by atoms with Crippen LogP contribution in [-0.2, 0) is 6.42 Å². The van der Waals surface area contributed by atoms with Gasteiger partial charge in [0.25, 0.3) is 0 Å². The van der Waals surface area contributed by atoms with E-state index in [1.165, 1.54) is 5.56 Å². The summed E-state index contributed by atoms with van der Waals surface area (Å²) < 4.78 is 0. The zero-order valence-corrected chi connectivity index (χ0v) is 15.3. The minimum Gasteiger partial charge on any atom is -0.360 e. The topological polar surface area (TPSA) is 103 Å². The quantitative estimate of drug-likeness (QED) is 0.367. The molecular weight excluding hydrogens is 328 g/mol. The smallest absolute Gasteiger partial charge is 0.250 e. The Balaban J connectivity index is 1.80. The highest BCUT2D eigenvalue weighted by Crippen LogP contribution is 2.21. The van der Waals surface area contributed by atoms with Crippen LogP contribution in [0.25, 0.3) is 10.9 Å². The molecule has 0 radical (unpaired) electrons. The van der Waals surface area contributed by atoms with Crippen molar-refractivity contribution in [2.75, 3.05) is 29.1 Å². The van der Waals surface area contributed by atoms with Gasteiger partial charge >= 0.3 is 0 Å². The first-order valence-electron chi connectivity index (χ1n) is 8.87. The molecule has 0 aliphatic carbocycles. The zero-order valence-electron chi connectivity index (χ0n) is 15.3. The Morgan fingerprint density at radius 1 is 1.00 bits per heavy atom. The van der Waals surface area contributed by atoms with Crippen LogP contribution in [0.15, 0.2) is 29.5 Å². The fourth-order valence-electron chi connectivity index (χ4n) is 2.70. The molecule has 0 bridgehead atoms. The van der Waals surface area contributed by atoms with Gasteiger partial charge in [0.15, 0.2) is 0 Å². The van der Waals surface area contributed by atoms with Crippen LogP contribution in [0.2, 0.25) is 0 Å². The van der Waals surface area contributed by atoms with Crippen molar-refractivity contribution >= 4 is 35.0 Å². The summed E-state index contributed by atoms with van der Waals surface area (Å²) in [6, 6.07) is 6.28. The number of para-hydroxylation sites is 1. The van der Waals surface area contributed by atoms with E-state index in [0.717, 1.165) is 36.0 Å². The van der Waals surface area contributed by atoms with Crippen molar-refractivity contribution in [3.63, 3.8) is 0 Å². The Hall–Kier alpha value is -3.16. The highest BCUT2D eigenvalue weighted by Gasteiger charge is 2.06. The Bertz CT molecular complexity index is 875. The Morgan fingerprint density at radius 2 is 1.69 bits per heavy atom. The average molecular weight is 352 g/mol. The van der Waals surface area contributed by atoms with Gasteiger partial charge in [-0.15, -0.1) is 0 Å². The summed E-state index contributed by atoms with van der Waals surface area (Å²) in [6.45, 7) is 7.59. The minimum atomic E-state index is 0.386. The standard InChI is InChI=1S/C18H24N8/c1-4-12-8-7-9-14-13(10-21-15(12)14)11-22-26-18-24-16(19-5-2)23-17(25-18)20-6-3/h7-11,21H,4-6H2,1-3H3,(H3,19,20,23,24,25,26)/b22-11+. The monoisotopic (exact) mass is 352 g/mol. The van der Waals surface area contributed by atoms with Crippen LogP contribution in [0.4, 0.5) is 17.8 Å². The third-order valence-corrected chi connectivity index (χ3v) is 3.89. The van der Waals surface area contributed by atoms with Gasteiger partial charge in [0.05, 0.1) is 6.21 Å². The fourth-order valence-corrected chi connectivity index (χ4v) is 2.70. The van der Waals surface area contributed by atoms with Gasteiger partial charge in [0.2, 0.25) is 17.8 Å². The van der Waals surface area contributed by atoms with E-state index in [0.29, 0.717) is 17.8 Å². The number of aromatic nitrogens is 4. The number of nitrogens with zero attached hydrogens (tertiary/aromatic N) is 4. The molecule has 2 aromatic heterocycles. The van der Waals surface area contributed by atoms with Gasteiger partial charge in [-0.25, -0.2) is 5.43 Å². The molecule has 0 atom stereocenters. The third kappa shape index (κ3) is 3.90. The van der Waals surface area contributed by atoms with Crippen LogP contribution in [-0.4, -0.2) is 39.2 Å². The van der Waals surface area contributed by atoms with Crippen molar-refractivity contribution in [1.82, 2.24) is 19.9 Å². The van der Waals surface area contributed by atoms with E-state index < -0.39 is 0 Å². The maximum atomic E-state index is 4.31. The second-order valence-electron chi connectivity index (χ2n) is 5.67. The Labute approximate surface area is 152 Å². The first kappa shape index (κ1) is 17.7. The number of nitrogens with one attached hydrogen (secondary N) is 4. The van der Waals surface area contributed by atoms with Crippen molar-refractivity contribution in [2.45, 2.75) is 27.2 Å².